The van der Waals surface area contributed by atoms with Crippen molar-refractivity contribution in [3.8, 4) is 0 Å². The molecule has 2 heteroatoms. The molecule has 2 fully saturated rings. The Balaban J connectivity index is 1.85. The molecular weight excluding hydrogens is 154 g/mol. The quantitative estimate of drug-likeness (QED) is 0.561. The van der Waals surface area contributed by atoms with E-state index in [1.807, 2.05) is 6.92 Å². The summed E-state index contributed by atoms with van der Waals surface area (Å²) in [6.45, 7) is 1.95. The van der Waals surface area contributed by atoms with E-state index in [4.69, 9.17) is 15.7 Å². The highest BCUT2D eigenvalue weighted by molar-refractivity contribution is 6.39. The third kappa shape index (κ3) is 2.33. The van der Waals surface area contributed by atoms with Crippen molar-refractivity contribution in [1.29, 1.82) is 0 Å². The highest BCUT2D eigenvalue weighted by Crippen LogP contribution is 2.49. The summed E-state index contributed by atoms with van der Waals surface area (Å²) in [6.07, 6.45) is 8.20. The van der Waals surface area contributed by atoms with Gasteiger partial charge in [0.25, 0.3) is 0 Å². The molecule has 2 aliphatic rings. The van der Waals surface area contributed by atoms with Crippen LogP contribution in [0.3, 0.4) is 0 Å². The molecule has 0 bridgehead atoms. The molecule has 0 aromatic rings. The van der Waals surface area contributed by atoms with Crippen molar-refractivity contribution in [2.75, 3.05) is 0 Å². The normalized spacial score (nSPS) is 39.3. The highest BCUT2D eigenvalue weighted by Gasteiger charge is 2.37. The Labute approximate surface area is 84.7 Å². The van der Waals surface area contributed by atoms with E-state index in [0.29, 0.717) is 0 Å². The van der Waals surface area contributed by atoms with E-state index in [1.54, 1.807) is 0 Å². The largest absolute Gasteiger partial charge is 0.101 e. The fourth-order valence-electron chi connectivity index (χ4n) is 3.48. The van der Waals surface area contributed by atoms with Gasteiger partial charge in [0, 0.05) is 0 Å². The molecule has 13 heavy (non-hydrogen) atoms. The zero-order chi connectivity index (χ0) is 9.47. The second-order valence-electron chi connectivity index (χ2n) is 5.50. The molecule has 0 N–H and O–H groups in total. The maximum atomic E-state index is 5.84. The second kappa shape index (κ2) is 3.37. The Bertz CT molecular complexity index is 171. The third-order valence-corrected chi connectivity index (χ3v) is 3.82. The van der Waals surface area contributed by atoms with Crippen molar-refractivity contribution >= 4 is 15.7 Å². The first-order valence-corrected chi connectivity index (χ1v) is 5.62. The average molecular weight is 172 g/mol. The van der Waals surface area contributed by atoms with Gasteiger partial charge >= 0.3 is 0 Å². The molecule has 2 aliphatic carbocycles. The van der Waals surface area contributed by atoms with Crippen molar-refractivity contribution in [2.24, 2.45) is 17.8 Å². The summed E-state index contributed by atoms with van der Waals surface area (Å²) >= 11 is 0. The lowest BCUT2D eigenvalue weighted by Crippen LogP contribution is -2.13. The number of hydrogen-bond donors (Lipinski definition) is 0. The van der Waals surface area contributed by atoms with Gasteiger partial charge in [-0.05, 0) is 30.6 Å². The molecule has 0 heterocycles. The zero-order valence-electron chi connectivity index (χ0n) is 8.63. The fourth-order valence-corrected chi connectivity index (χ4v) is 3.48. The monoisotopic (exact) mass is 172 g/mol. The minimum Gasteiger partial charge on any atom is -0.101 e. The Kier molecular flexibility index (Phi) is 2.50. The minimum atomic E-state index is -0.441. The molecule has 0 amide bonds. The molecule has 2 unspecified atom stereocenters. The van der Waals surface area contributed by atoms with Crippen LogP contribution in [0.5, 0.6) is 0 Å². The van der Waals surface area contributed by atoms with Crippen molar-refractivity contribution in [3.05, 3.63) is 0 Å². The molecule has 0 saturated heterocycles. The summed E-state index contributed by atoms with van der Waals surface area (Å²) in [4.78, 5) is 0. The highest BCUT2D eigenvalue weighted by atomic mass is 14.4. The molecule has 2 rings (SSSR count). The maximum absolute atomic E-state index is 5.84. The molecule has 68 valence electrons. The first kappa shape index (κ1) is 9.68. The fraction of sp³-hybridized carbons (Fsp3) is 1.00. The van der Waals surface area contributed by atoms with Crippen LogP contribution in [-0.4, -0.2) is 15.7 Å². The topological polar surface area (TPSA) is 0 Å². The van der Waals surface area contributed by atoms with Crippen LogP contribution < -0.4 is 0 Å². The molecule has 0 aromatic carbocycles. The van der Waals surface area contributed by atoms with Crippen molar-refractivity contribution in [2.45, 2.75) is 50.7 Å². The van der Waals surface area contributed by atoms with Gasteiger partial charge in [0.2, 0.25) is 0 Å². The van der Waals surface area contributed by atoms with Crippen LogP contribution in [0.15, 0.2) is 0 Å². The Morgan fingerprint density at radius 1 is 1.15 bits per heavy atom. The predicted molar refractivity (Wildman–Crippen MR) is 58.0 cm³/mol. The zero-order valence-corrected chi connectivity index (χ0v) is 8.63. The van der Waals surface area contributed by atoms with Crippen LogP contribution in [0.4, 0.5) is 0 Å². The summed E-state index contributed by atoms with van der Waals surface area (Å²) in [5, 5.41) is -0.441. The van der Waals surface area contributed by atoms with Gasteiger partial charge in [0.15, 0.2) is 0 Å². The molecule has 0 aromatic heterocycles. The molecule has 2 atom stereocenters. The summed E-state index contributed by atoms with van der Waals surface area (Å²) < 4.78 is 0. The number of fused-ring (bicyclic) bond motifs is 1. The minimum absolute atomic E-state index is 0.441. The summed E-state index contributed by atoms with van der Waals surface area (Å²) in [6, 6.07) is 0. The molecule has 0 aliphatic heterocycles. The Morgan fingerprint density at radius 3 is 2.15 bits per heavy atom. The van der Waals surface area contributed by atoms with Gasteiger partial charge in [0.1, 0.15) is 0 Å². The summed E-state index contributed by atoms with van der Waals surface area (Å²) in [5.74, 6) is 2.86. The number of rotatable bonds is 2. The summed E-state index contributed by atoms with van der Waals surface area (Å²) in [5.41, 5.74) is 0. The van der Waals surface area contributed by atoms with Gasteiger partial charge in [-0.2, -0.15) is 0 Å². The van der Waals surface area contributed by atoms with Crippen molar-refractivity contribution in [3.63, 3.8) is 0 Å². The predicted octanol–water partition coefficient (Wildman–Crippen LogP) is 2.68. The first-order valence-electron chi connectivity index (χ1n) is 5.62. The van der Waals surface area contributed by atoms with Crippen LogP contribution in [-0.2, 0) is 0 Å². The van der Waals surface area contributed by atoms with Gasteiger partial charge in [-0.1, -0.05) is 32.6 Å². The lowest BCUT2D eigenvalue weighted by Gasteiger charge is -2.24. The van der Waals surface area contributed by atoms with Crippen molar-refractivity contribution < 1.29 is 0 Å². The first-order chi connectivity index (χ1) is 6.04. The van der Waals surface area contributed by atoms with E-state index >= 15 is 0 Å². The SMILES string of the molecule is [B]C([B])(C)CC1CC2CCCC2C1. The van der Waals surface area contributed by atoms with E-state index in [0.717, 1.165) is 24.2 Å². The Hall–Kier alpha value is 0.130. The van der Waals surface area contributed by atoms with Gasteiger partial charge < -0.3 is 0 Å². The average Bonchev–Trinajstić information content (AvgIpc) is 2.40. The van der Waals surface area contributed by atoms with Crippen molar-refractivity contribution in [1.82, 2.24) is 0 Å². The second-order valence-corrected chi connectivity index (χ2v) is 5.50. The molecule has 0 nitrogen and oxygen atoms in total. The van der Waals surface area contributed by atoms with Gasteiger partial charge in [-0.15, -0.1) is 5.21 Å². The standard InChI is InChI=1S/C11H18B2/c1-11(12,13)7-8-5-9-3-2-4-10(9)6-8/h8-10H,2-7H2,1H3. The van der Waals surface area contributed by atoms with Gasteiger partial charge in [-0.25, -0.2) is 0 Å². The van der Waals surface area contributed by atoms with E-state index in [1.165, 1.54) is 32.1 Å². The van der Waals surface area contributed by atoms with Crippen LogP contribution in [0, 0.1) is 17.8 Å². The van der Waals surface area contributed by atoms with E-state index in [-0.39, 0.29) is 0 Å². The molecule has 4 radical (unpaired) electrons. The van der Waals surface area contributed by atoms with Crippen LogP contribution >= 0.6 is 0 Å². The van der Waals surface area contributed by atoms with E-state index in [9.17, 15) is 0 Å². The van der Waals surface area contributed by atoms with Crippen LogP contribution in [0.25, 0.3) is 0 Å². The van der Waals surface area contributed by atoms with Crippen LogP contribution in [0.1, 0.15) is 45.4 Å². The maximum Gasteiger partial charge on any atom is 0.0617 e. The van der Waals surface area contributed by atoms with Crippen LogP contribution in [0.2, 0.25) is 5.21 Å². The Morgan fingerprint density at radius 2 is 1.69 bits per heavy atom. The number of hydrogen-bond acceptors (Lipinski definition) is 0. The summed E-state index contributed by atoms with van der Waals surface area (Å²) in [7, 11) is 11.7. The molecular formula is C11H18B2. The lowest BCUT2D eigenvalue weighted by atomic mass is 9.52. The van der Waals surface area contributed by atoms with E-state index < -0.39 is 5.21 Å². The molecule has 2 saturated carbocycles. The third-order valence-electron chi connectivity index (χ3n) is 3.82. The van der Waals surface area contributed by atoms with E-state index in [2.05, 4.69) is 0 Å². The molecule has 0 spiro atoms. The smallest absolute Gasteiger partial charge is 0.0617 e. The lowest BCUT2D eigenvalue weighted by molar-refractivity contribution is 0.436. The van der Waals surface area contributed by atoms with Gasteiger partial charge in [-0.3, -0.25) is 0 Å². The van der Waals surface area contributed by atoms with Gasteiger partial charge in [0.05, 0.1) is 15.7 Å².